The summed E-state index contributed by atoms with van der Waals surface area (Å²) in [5, 5.41) is 14.5. The van der Waals surface area contributed by atoms with Gasteiger partial charge in [0.25, 0.3) is 0 Å². The molecule has 1 fully saturated rings. The zero-order valence-corrected chi connectivity index (χ0v) is 12.6. The van der Waals surface area contributed by atoms with Crippen molar-refractivity contribution in [1.29, 1.82) is 0 Å². The van der Waals surface area contributed by atoms with Crippen LogP contribution in [0.2, 0.25) is 10.0 Å². The van der Waals surface area contributed by atoms with E-state index in [4.69, 9.17) is 27.9 Å². The molecule has 3 rings (SSSR count). The second-order valence-corrected chi connectivity index (χ2v) is 6.42. The van der Waals surface area contributed by atoms with Crippen molar-refractivity contribution in [2.45, 2.75) is 24.9 Å². The smallest absolute Gasteiger partial charge is 0.145 e. The predicted molar refractivity (Wildman–Crippen MR) is 81.6 cm³/mol. The van der Waals surface area contributed by atoms with Gasteiger partial charge in [0.05, 0.1) is 10.6 Å². The first-order chi connectivity index (χ1) is 9.56. The van der Waals surface area contributed by atoms with Crippen LogP contribution in [0.5, 0.6) is 5.75 Å². The maximum Gasteiger partial charge on any atom is 0.145 e. The summed E-state index contributed by atoms with van der Waals surface area (Å²) in [6.45, 7) is 1.85. The number of halogens is 2. The maximum absolute atomic E-state index is 10.0. The van der Waals surface area contributed by atoms with Crippen LogP contribution in [-0.4, -0.2) is 30.4 Å². The van der Waals surface area contributed by atoms with E-state index in [1.807, 2.05) is 6.07 Å². The van der Waals surface area contributed by atoms with Gasteiger partial charge in [-0.15, -0.1) is 0 Å². The van der Waals surface area contributed by atoms with Crippen molar-refractivity contribution in [3.63, 3.8) is 0 Å². The lowest BCUT2D eigenvalue weighted by molar-refractivity contribution is -0.0306. The molecule has 1 aromatic carbocycles. The molecular weight excluding hydrogens is 297 g/mol. The lowest BCUT2D eigenvalue weighted by atomic mass is 9.80. The predicted octanol–water partition coefficient (Wildman–Crippen LogP) is 3.27. The van der Waals surface area contributed by atoms with Crippen molar-refractivity contribution < 1.29 is 9.84 Å². The third-order valence-corrected chi connectivity index (χ3v) is 4.39. The molecule has 1 aliphatic carbocycles. The summed E-state index contributed by atoms with van der Waals surface area (Å²) in [4.78, 5) is 0. The van der Waals surface area contributed by atoms with E-state index in [-0.39, 0.29) is 0 Å². The number of aliphatic hydroxyl groups is 1. The van der Waals surface area contributed by atoms with Gasteiger partial charge in [0.15, 0.2) is 0 Å². The molecule has 1 aromatic rings. The quantitative estimate of drug-likeness (QED) is 0.896. The van der Waals surface area contributed by atoms with Gasteiger partial charge in [0.1, 0.15) is 12.4 Å². The second kappa shape index (κ2) is 5.57. The van der Waals surface area contributed by atoms with Gasteiger partial charge in [-0.25, -0.2) is 0 Å². The van der Waals surface area contributed by atoms with Crippen LogP contribution in [0.3, 0.4) is 0 Å². The highest BCUT2D eigenvalue weighted by Gasteiger charge is 2.33. The Labute approximate surface area is 128 Å². The highest BCUT2D eigenvalue weighted by atomic mass is 35.5. The topological polar surface area (TPSA) is 41.5 Å². The summed E-state index contributed by atoms with van der Waals surface area (Å²) in [5.41, 5.74) is 1.53. The first kappa shape index (κ1) is 14.2. The van der Waals surface area contributed by atoms with E-state index in [9.17, 15) is 5.11 Å². The van der Waals surface area contributed by atoms with Crippen LogP contribution in [0.25, 0.3) is 6.08 Å². The van der Waals surface area contributed by atoms with Crippen LogP contribution in [0, 0.1) is 0 Å². The number of fused-ring (bicyclic) bond motifs is 1. The fourth-order valence-corrected chi connectivity index (χ4v) is 3.15. The molecule has 0 bridgehead atoms. The molecule has 0 saturated heterocycles. The molecule has 3 nitrogen and oxygen atoms in total. The molecule has 0 unspecified atom stereocenters. The molecule has 5 heteroatoms. The first-order valence-corrected chi connectivity index (χ1v) is 7.56. The Balaban J connectivity index is 1.64. The maximum atomic E-state index is 10.0. The van der Waals surface area contributed by atoms with Crippen LogP contribution in [0.4, 0.5) is 0 Å². The molecule has 1 saturated carbocycles. The summed E-state index contributed by atoms with van der Waals surface area (Å²) in [6.07, 6.45) is 4.95. The van der Waals surface area contributed by atoms with Gasteiger partial charge in [0, 0.05) is 23.7 Å². The van der Waals surface area contributed by atoms with Crippen molar-refractivity contribution in [3.8, 4) is 5.75 Å². The van der Waals surface area contributed by atoms with Gasteiger partial charge in [0.2, 0.25) is 0 Å². The molecule has 0 radical (unpaired) electrons. The normalized spacial score (nSPS) is 19.6. The van der Waals surface area contributed by atoms with Gasteiger partial charge in [-0.2, -0.15) is 0 Å². The Morgan fingerprint density at radius 3 is 2.80 bits per heavy atom. The molecule has 2 aliphatic rings. The van der Waals surface area contributed by atoms with Crippen molar-refractivity contribution in [3.05, 3.63) is 33.3 Å². The number of nitrogens with one attached hydrogen (secondary N) is 1. The van der Waals surface area contributed by atoms with Crippen molar-refractivity contribution >= 4 is 29.3 Å². The van der Waals surface area contributed by atoms with E-state index in [2.05, 4.69) is 11.4 Å². The van der Waals surface area contributed by atoms with E-state index in [1.165, 1.54) is 0 Å². The standard InChI is InChI=1S/C15H17Cl2NO2/c16-12-5-11-4-10(8-20-14(11)13(17)6-12)7-18-9-15(19)2-1-3-15/h4-6,18-19H,1-3,7-9H2. The van der Waals surface area contributed by atoms with Gasteiger partial charge >= 0.3 is 0 Å². The van der Waals surface area contributed by atoms with Crippen LogP contribution < -0.4 is 10.1 Å². The largest absolute Gasteiger partial charge is 0.487 e. The Morgan fingerprint density at radius 1 is 1.30 bits per heavy atom. The summed E-state index contributed by atoms with van der Waals surface area (Å²) >= 11 is 12.1. The Hall–Kier alpha value is -0.740. The first-order valence-electron chi connectivity index (χ1n) is 6.80. The number of hydrogen-bond acceptors (Lipinski definition) is 3. The highest BCUT2D eigenvalue weighted by molar-refractivity contribution is 6.36. The number of benzene rings is 1. The molecule has 2 N–H and O–H groups in total. The van der Waals surface area contributed by atoms with E-state index < -0.39 is 5.60 Å². The van der Waals surface area contributed by atoms with Gasteiger partial charge in [-0.3, -0.25) is 0 Å². The second-order valence-electron chi connectivity index (χ2n) is 5.58. The average molecular weight is 314 g/mol. The molecule has 0 spiro atoms. The van der Waals surface area contributed by atoms with Gasteiger partial charge < -0.3 is 15.2 Å². The van der Waals surface area contributed by atoms with Crippen LogP contribution in [-0.2, 0) is 0 Å². The third-order valence-electron chi connectivity index (χ3n) is 3.89. The Bertz CT molecular complexity index is 553. The van der Waals surface area contributed by atoms with E-state index in [1.54, 1.807) is 6.07 Å². The summed E-state index contributed by atoms with van der Waals surface area (Å²) in [7, 11) is 0. The Kier molecular flexibility index (Phi) is 3.95. The Morgan fingerprint density at radius 2 is 2.10 bits per heavy atom. The van der Waals surface area contributed by atoms with Crippen LogP contribution in [0.1, 0.15) is 24.8 Å². The molecular formula is C15H17Cl2NO2. The summed E-state index contributed by atoms with van der Waals surface area (Å²) < 4.78 is 5.68. The van der Waals surface area contributed by atoms with E-state index in [0.29, 0.717) is 35.5 Å². The van der Waals surface area contributed by atoms with Gasteiger partial charge in [-0.1, -0.05) is 23.2 Å². The van der Waals surface area contributed by atoms with Crippen molar-refractivity contribution in [2.75, 3.05) is 19.7 Å². The van der Waals surface area contributed by atoms with Gasteiger partial charge in [-0.05, 0) is 43.0 Å². The molecule has 1 heterocycles. The minimum absolute atomic E-state index is 0.499. The average Bonchev–Trinajstić information content (AvgIpc) is 2.36. The number of rotatable bonds is 4. The molecule has 0 aromatic heterocycles. The molecule has 0 atom stereocenters. The number of ether oxygens (including phenoxy) is 1. The minimum atomic E-state index is -0.499. The van der Waals surface area contributed by atoms with E-state index in [0.717, 1.165) is 30.4 Å². The zero-order chi connectivity index (χ0) is 14.2. The van der Waals surface area contributed by atoms with Crippen molar-refractivity contribution in [2.24, 2.45) is 0 Å². The molecule has 108 valence electrons. The fraction of sp³-hybridized carbons (Fsp3) is 0.467. The fourth-order valence-electron chi connectivity index (χ4n) is 2.59. The van der Waals surface area contributed by atoms with E-state index >= 15 is 0 Å². The van der Waals surface area contributed by atoms with Crippen LogP contribution >= 0.6 is 23.2 Å². The zero-order valence-electron chi connectivity index (χ0n) is 11.1. The van der Waals surface area contributed by atoms with Crippen LogP contribution in [0.15, 0.2) is 17.7 Å². The number of hydrogen-bond donors (Lipinski definition) is 2. The highest BCUT2D eigenvalue weighted by Crippen LogP contribution is 2.36. The van der Waals surface area contributed by atoms with Crippen molar-refractivity contribution in [1.82, 2.24) is 5.32 Å². The molecule has 1 aliphatic heterocycles. The SMILES string of the molecule is OC1(CNCC2=Cc3cc(Cl)cc(Cl)c3OC2)CCC1. The minimum Gasteiger partial charge on any atom is -0.487 e. The third kappa shape index (κ3) is 2.96. The monoisotopic (exact) mass is 313 g/mol. The summed E-state index contributed by atoms with van der Waals surface area (Å²) in [6, 6.07) is 3.53. The lowest BCUT2D eigenvalue weighted by Crippen LogP contribution is -2.46. The molecule has 20 heavy (non-hydrogen) atoms. The lowest BCUT2D eigenvalue weighted by Gasteiger charge is -2.36. The summed E-state index contributed by atoms with van der Waals surface area (Å²) in [5.74, 6) is 0.692. The molecule has 0 amide bonds.